The molecule has 1 aromatic rings. The van der Waals surface area contributed by atoms with Crippen LogP contribution in [-0.2, 0) is 16.1 Å². The van der Waals surface area contributed by atoms with Crippen LogP contribution in [0.25, 0.3) is 0 Å². The first-order chi connectivity index (χ1) is 7.72. The number of anilines is 1. The molecule has 1 N–H and O–H groups in total. The summed E-state index contributed by atoms with van der Waals surface area (Å²) in [6.07, 6.45) is -0.999. The normalized spacial score (nSPS) is 9.40. The van der Waals surface area contributed by atoms with Crippen LogP contribution in [0.1, 0.15) is 27.7 Å². The summed E-state index contributed by atoms with van der Waals surface area (Å²) < 4.78 is 11.1. The Kier molecular flexibility index (Phi) is 6.99. The molecule has 3 nitrogen and oxygen atoms in total. The number of ether oxygens (including phenoxy) is 1. The monoisotopic (exact) mass is 210 g/mol. The minimum Gasteiger partial charge on any atom is -0.463 e. The number of hydrogen-bond donors (Lipinski definition) is 1. The van der Waals surface area contributed by atoms with Crippen LogP contribution < -0.4 is 5.32 Å². The Morgan fingerprint density at radius 2 is 2.00 bits per heavy atom. The summed E-state index contributed by atoms with van der Waals surface area (Å²) in [4.78, 5) is 10.2. The fraction of sp³-hybridized carbons (Fsp3) is 0.417. The summed E-state index contributed by atoms with van der Waals surface area (Å²) in [5.74, 6) is 0. The van der Waals surface area contributed by atoms with E-state index in [1.54, 1.807) is 0 Å². The van der Waals surface area contributed by atoms with Crippen LogP contribution in [0.5, 0.6) is 0 Å². The van der Waals surface area contributed by atoms with Gasteiger partial charge in [-0.1, -0.05) is 26.0 Å². The van der Waals surface area contributed by atoms with Crippen molar-refractivity contribution < 1.29 is 10.9 Å². The molecule has 84 valence electrons. The van der Waals surface area contributed by atoms with Crippen molar-refractivity contribution in [2.45, 2.75) is 27.4 Å². The smallest absolute Gasteiger partial charge is 0.293 e. The van der Waals surface area contributed by atoms with E-state index in [1.807, 2.05) is 45.0 Å². The Hall–Kier alpha value is -1.51. The lowest BCUT2D eigenvalue weighted by Gasteiger charge is -2.03. The predicted molar refractivity (Wildman–Crippen MR) is 62.8 cm³/mol. The molecule has 1 rings (SSSR count). The van der Waals surface area contributed by atoms with Gasteiger partial charge in [-0.2, -0.15) is 0 Å². The van der Waals surface area contributed by atoms with Crippen LogP contribution in [0.2, 0.25) is 0 Å². The zero-order chi connectivity index (χ0) is 12.4. The molecular weight excluding hydrogens is 190 g/mol. The van der Waals surface area contributed by atoms with Crippen molar-refractivity contribution in [3.8, 4) is 0 Å². The van der Waals surface area contributed by atoms with Gasteiger partial charge in [0.15, 0.2) is 1.37 Å². The maximum atomic E-state index is 10.2. The summed E-state index contributed by atoms with van der Waals surface area (Å²) in [5.41, 5.74) is 1.92. The SMILES string of the molecule is CC.[2H]C(=O)OCc1ccc(NCC)cc1. The highest BCUT2D eigenvalue weighted by atomic mass is 16.5. The fourth-order valence-electron chi connectivity index (χ4n) is 1.04. The van der Waals surface area contributed by atoms with E-state index in [-0.39, 0.29) is 6.61 Å². The first kappa shape index (κ1) is 11.6. The zero-order valence-electron chi connectivity index (χ0n) is 10.5. The van der Waals surface area contributed by atoms with Crippen LogP contribution in [0, 0.1) is 0 Å². The Bertz CT molecular complexity index is 298. The van der Waals surface area contributed by atoms with Crippen molar-refractivity contribution in [1.29, 1.82) is 0 Å². The second-order valence-electron chi connectivity index (χ2n) is 2.60. The molecule has 0 aliphatic rings. The molecule has 0 saturated heterocycles. The summed E-state index contributed by atoms with van der Waals surface area (Å²) in [6, 6.07) is 7.55. The van der Waals surface area contributed by atoms with Crippen molar-refractivity contribution in [3.05, 3.63) is 29.8 Å². The summed E-state index contributed by atoms with van der Waals surface area (Å²) in [5, 5.41) is 3.15. The van der Waals surface area contributed by atoms with Gasteiger partial charge in [0, 0.05) is 12.2 Å². The van der Waals surface area contributed by atoms with Gasteiger partial charge >= 0.3 is 0 Å². The molecule has 0 spiro atoms. The van der Waals surface area contributed by atoms with Crippen molar-refractivity contribution in [2.24, 2.45) is 0 Å². The summed E-state index contributed by atoms with van der Waals surface area (Å²) in [7, 11) is 0. The molecular formula is C12H19NO2. The molecule has 0 aliphatic carbocycles. The zero-order valence-corrected chi connectivity index (χ0v) is 9.54. The number of nitrogens with one attached hydrogen (secondary N) is 1. The molecule has 0 amide bonds. The molecule has 0 bridgehead atoms. The van der Waals surface area contributed by atoms with Crippen LogP contribution in [0.3, 0.4) is 0 Å². The van der Waals surface area contributed by atoms with Crippen molar-refractivity contribution in [1.82, 2.24) is 0 Å². The topological polar surface area (TPSA) is 38.3 Å². The lowest BCUT2D eigenvalue weighted by atomic mass is 10.2. The van der Waals surface area contributed by atoms with Crippen LogP contribution in [0.4, 0.5) is 5.69 Å². The lowest BCUT2D eigenvalue weighted by molar-refractivity contribution is -0.129. The van der Waals surface area contributed by atoms with E-state index in [9.17, 15) is 4.79 Å². The highest BCUT2D eigenvalue weighted by Crippen LogP contribution is 2.09. The van der Waals surface area contributed by atoms with Crippen molar-refractivity contribution >= 4 is 12.1 Å². The standard InChI is InChI=1S/C10H13NO2.C2H6/c1-2-11-10-5-3-9(4-6-10)7-13-8-12;1-2/h3-6,8,11H,2,7H2,1H3;1-2H3/i8D;. The lowest BCUT2D eigenvalue weighted by Crippen LogP contribution is -1.96. The molecule has 3 heteroatoms. The molecule has 0 heterocycles. The third-order valence-corrected chi connectivity index (χ3v) is 1.63. The number of rotatable bonds is 4. The van der Waals surface area contributed by atoms with E-state index < -0.39 is 6.45 Å². The van der Waals surface area contributed by atoms with Gasteiger partial charge in [0.2, 0.25) is 0 Å². The molecule has 0 atom stereocenters. The summed E-state index contributed by atoms with van der Waals surface area (Å²) in [6.45, 7) is 7.06. The van der Waals surface area contributed by atoms with Crippen LogP contribution in [0.15, 0.2) is 24.3 Å². The molecule has 0 aromatic heterocycles. The highest BCUT2D eigenvalue weighted by Gasteiger charge is 1.92. The third-order valence-electron chi connectivity index (χ3n) is 1.63. The number of hydrogen-bond acceptors (Lipinski definition) is 3. The first-order valence-electron chi connectivity index (χ1n) is 5.68. The van der Waals surface area contributed by atoms with Crippen molar-refractivity contribution in [2.75, 3.05) is 11.9 Å². The molecule has 0 radical (unpaired) electrons. The highest BCUT2D eigenvalue weighted by molar-refractivity contribution is 5.44. The Labute approximate surface area is 92.9 Å². The predicted octanol–water partition coefficient (Wildman–Crippen LogP) is 2.82. The van der Waals surface area contributed by atoms with Gasteiger partial charge in [-0.25, -0.2) is 0 Å². The minimum absolute atomic E-state index is 0.161. The molecule has 1 aromatic carbocycles. The van der Waals surface area contributed by atoms with Crippen LogP contribution >= 0.6 is 0 Å². The van der Waals surface area contributed by atoms with Gasteiger partial charge < -0.3 is 10.1 Å². The van der Waals surface area contributed by atoms with Gasteiger partial charge in [0.05, 0.1) is 0 Å². The van der Waals surface area contributed by atoms with E-state index >= 15 is 0 Å². The average molecular weight is 210 g/mol. The second kappa shape index (κ2) is 9.06. The molecule has 0 fully saturated rings. The van der Waals surface area contributed by atoms with Gasteiger partial charge in [0.1, 0.15) is 6.61 Å². The minimum atomic E-state index is -0.999. The third kappa shape index (κ3) is 5.73. The molecule has 15 heavy (non-hydrogen) atoms. The van der Waals surface area contributed by atoms with E-state index in [0.717, 1.165) is 17.8 Å². The molecule has 0 aliphatic heterocycles. The maximum Gasteiger partial charge on any atom is 0.293 e. The Morgan fingerprint density at radius 3 is 2.47 bits per heavy atom. The van der Waals surface area contributed by atoms with Gasteiger partial charge in [-0.15, -0.1) is 0 Å². The fourth-order valence-corrected chi connectivity index (χ4v) is 1.04. The first-order valence-corrected chi connectivity index (χ1v) is 5.18. The van der Waals surface area contributed by atoms with E-state index in [2.05, 4.69) is 10.1 Å². The Morgan fingerprint density at radius 1 is 1.40 bits per heavy atom. The van der Waals surface area contributed by atoms with E-state index in [4.69, 9.17) is 1.37 Å². The second-order valence-corrected chi connectivity index (χ2v) is 2.60. The molecule has 0 unspecified atom stereocenters. The Balaban J connectivity index is 0.00000106. The van der Waals surface area contributed by atoms with E-state index in [0.29, 0.717) is 0 Å². The average Bonchev–Trinajstić information content (AvgIpc) is 2.31. The van der Waals surface area contributed by atoms with Crippen LogP contribution in [-0.4, -0.2) is 13.0 Å². The maximum absolute atomic E-state index is 10.2. The largest absolute Gasteiger partial charge is 0.463 e. The van der Waals surface area contributed by atoms with Crippen molar-refractivity contribution in [3.63, 3.8) is 0 Å². The quantitative estimate of drug-likeness (QED) is 0.776. The van der Waals surface area contributed by atoms with Gasteiger partial charge in [-0.05, 0) is 24.6 Å². The van der Waals surface area contributed by atoms with Gasteiger partial charge in [0.25, 0.3) is 6.45 Å². The van der Waals surface area contributed by atoms with E-state index in [1.165, 1.54) is 0 Å². The molecule has 0 saturated carbocycles. The number of benzene rings is 1. The van der Waals surface area contributed by atoms with Gasteiger partial charge in [-0.3, -0.25) is 4.79 Å². The summed E-state index contributed by atoms with van der Waals surface area (Å²) >= 11 is 0. The number of carbonyl (C=O) groups is 1. The number of carbonyl (C=O) groups excluding carboxylic acids is 1.